The highest BCUT2D eigenvalue weighted by molar-refractivity contribution is 6.04. The maximum absolute atomic E-state index is 12.6. The summed E-state index contributed by atoms with van der Waals surface area (Å²) < 4.78 is 5.66. The number of anilines is 1. The van der Waals surface area contributed by atoms with Crippen LogP contribution in [0.15, 0.2) is 115 Å². The minimum atomic E-state index is -0.265. The molecule has 2 N–H and O–H groups in total. The van der Waals surface area contributed by atoms with Crippen molar-refractivity contribution in [3.63, 3.8) is 0 Å². The van der Waals surface area contributed by atoms with Crippen molar-refractivity contribution in [1.82, 2.24) is 5.32 Å². The van der Waals surface area contributed by atoms with Gasteiger partial charge in [0, 0.05) is 11.3 Å². The molecular formula is C28H24N2O3. The van der Waals surface area contributed by atoms with Crippen molar-refractivity contribution in [3.8, 4) is 5.75 Å². The SMILES string of the molecule is O=C(COc1ccc(NC(=O)c2ccccc2)cc1)NC(c1ccccc1)c1ccccc1. The Morgan fingerprint density at radius 1 is 0.667 bits per heavy atom. The average Bonchev–Trinajstić information content (AvgIpc) is 2.88. The summed E-state index contributed by atoms with van der Waals surface area (Å²) in [4.78, 5) is 24.9. The zero-order valence-corrected chi connectivity index (χ0v) is 18.0. The molecule has 164 valence electrons. The van der Waals surface area contributed by atoms with Crippen molar-refractivity contribution in [2.75, 3.05) is 11.9 Å². The monoisotopic (exact) mass is 436 g/mol. The van der Waals surface area contributed by atoms with E-state index in [-0.39, 0.29) is 24.5 Å². The van der Waals surface area contributed by atoms with Gasteiger partial charge in [0.05, 0.1) is 6.04 Å². The zero-order valence-electron chi connectivity index (χ0n) is 18.0. The quantitative estimate of drug-likeness (QED) is 0.398. The number of ether oxygens (including phenoxy) is 1. The van der Waals surface area contributed by atoms with Crippen molar-refractivity contribution in [1.29, 1.82) is 0 Å². The van der Waals surface area contributed by atoms with Gasteiger partial charge in [0.15, 0.2) is 6.61 Å². The molecule has 0 aliphatic carbocycles. The Morgan fingerprint density at radius 3 is 1.73 bits per heavy atom. The number of hydrogen-bond donors (Lipinski definition) is 2. The summed E-state index contributed by atoms with van der Waals surface area (Å²) in [5.41, 5.74) is 3.22. The number of rotatable bonds is 8. The van der Waals surface area contributed by atoms with E-state index >= 15 is 0 Å². The molecule has 0 atom stereocenters. The lowest BCUT2D eigenvalue weighted by atomic mass is 9.99. The lowest BCUT2D eigenvalue weighted by Gasteiger charge is -2.20. The highest BCUT2D eigenvalue weighted by Gasteiger charge is 2.17. The Bertz CT molecular complexity index is 1140. The molecule has 0 fully saturated rings. The predicted molar refractivity (Wildman–Crippen MR) is 129 cm³/mol. The molecule has 0 saturated heterocycles. The van der Waals surface area contributed by atoms with Gasteiger partial charge in [0.2, 0.25) is 0 Å². The molecule has 5 nitrogen and oxygen atoms in total. The van der Waals surface area contributed by atoms with Crippen LogP contribution in [-0.4, -0.2) is 18.4 Å². The molecule has 0 aliphatic rings. The Labute approximate surface area is 193 Å². The molecule has 0 aromatic heterocycles. The fourth-order valence-electron chi connectivity index (χ4n) is 3.43. The maximum Gasteiger partial charge on any atom is 0.258 e. The van der Waals surface area contributed by atoms with E-state index in [1.54, 1.807) is 36.4 Å². The molecule has 0 heterocycles. The van der Waals surface area contributed by atoms with Gasteiger partial charge in [0.25, 0.3) is 11.8 Å². The van der Waals surface area contributed by atoms with E-state index < -0.39 is 0 Å². The Hall–Kier alpha value is -4.38. The van der Waals surface area contributed by atoms with Gasteiger partial charge < -0.3 is 15.4 Å². The van der Waals surface area contributed by atoms with E-state index in [1.165, 1.54) is 0 Å². The smallest absolute Gasteiger partial charge is 0.258 e. The minimum absolute atomic E-state index is 0.119. The molecule has 0 unspecified atom stereocenters. The number of hydrogen-bond acceptors (Lipinski definition) is 3. The van der Waals surface area contributed by atoms with Crippen molar-refractivity contribution in [2.45, 2.75) is 6.04 Å². The van der Waals surface area contributed by atoms with Crippen molar-refractivity contribution in [3.05, 3.63) is 132 Å². The third-order valence-corrected chi connectivity index (χ3v) is 5.09. The first kappa shape index (κ1) is 21.8. The summed E-state index contributed by atoms with van der Waals surface area (Å²) in [6, 6.07) is 35.3. The molecule has 0 aliphatic heterocycles. The van der Waals surface area contributed by atoms with E-state index in [1.807, 2.05) is 78.9 Å². The van der Waals surface area contributed by atoms with Gasteiger partial charge >= 0.3 is 0 Å². The van der Waals surface area contributed by atoms with Crippen LogP contribution in [0.1, 0.15) is 27.5 Å². The zero-order chi connectivity index (χ0) is 22.9. The summed E-state index contributed by atoms with van der Waals surface area (Å²) in [6.07, 6.45) is 0. The number of carbonyl (C=O) groups is 2. The first-order chi connectivity index (χ1) is 16.2. The summed E-state index contributed by atoms with van der Waals surface area (Å²) in [5, 5.41) is 5.89. The molecule has 0 radical (unpaired) electrons. The van der Waals surface area contributed by atoms with Gasteiger partial charge in [-0.05, 0) is 47.5 Å². The normalized spacial score (nSPS) is 10.5. The topological polar surface area (TPSA) is 67.4 Å². The first-order valence-corrected chi connectivity index (χ1v) is 10.7. The standard InChI is InChI=1S/C28H24N2O3/c31-26(30-27(21-10-4-1-5-11-21)22-12-6-2-7-13-22)20-33-25-18-16-24(17-19-25)29-28(32)23-14-8-3-9-15-23/h1-19,27H,20H2,(H,29,32)(H,30,31). The summed E-state index contributed by atoms with van der Waals surface area (Å²) in [5.74, 6) is 0.129. The second-order valence-corrected chi connectivity index (χ2v) is 7.46. The highest BCUT2D eigenvalue weighted by Crippen LogP contribution is 2.22. The van der Waals surface area contributed by atoms with Crippen molar-refractivity contribution < 1.29 is 14.3 Å². The second kappa shape index (κ2) is 10.8. The van der Waals surface area contributed by atoms with Crippen LogP contribution < -0.4 is 15.4 Å². The largest absolute Gasteiger partial charge is 0.484 e. The Kier molecular flexibility index (Phi) is 7.13. The van der Waals surface area contributed by atoms with E-state index in [2.05, 4.69) is 10.6 Å². The molecule has 4 aromatic rings. The van der Waals surface area contributed by atoms with Gasteiger partial charge in [-0.1, -0.05) is 78.9 Å². The maximum atomic E-state index is 12.6. The van der Waals surface area contributed by atoms with Gasteiger partial charge in [0.1, 0.15) is 5.75 Å². The number of carbonyl (C=O) groups excluding carboxylic acids is 2. The lowest BCUT2D eigenvalue weighted by Crippen LogP contribution is -2.33. The van der Waals surface area contributed by atoms with Gasteiger partial charge in [-0.15, -0.1) is 0 Å². The first-order valence-electron chi connectivity index (χ1n) is 10.7. The van der Waals surface area contributed by atoms with E-state index in [0.717, 1.165) is 11.1 Å². The number of amides is 2. The Balaban J connectivity index is 1.34. The van der Waals surface area contributed by atoms with Crippen molar-refractivity contribution >= 4 is 17.5 Å². The Morgan fingerprint density at radius 2 is 1.18 bits per heavy atom. The number of nitrogens with one attached hydrogen (secondary N) is 2. The minimum Gasteiger partial charge on any atom is -0.484 e. The fourth-order valence-corrected chi connectivity index (χ4v) is 3.43. The van der Waals surface area contributed by atoms with Crippen LogP contribution in [0.5, 0.6) is 5.75 Å². The van der Waals surface area contributed by atoms with Crippen LogP contribution >= 0.6 is 0 Å². The van der Waals surface area contributed by atoms with E-state index in [4.69, 9.17) is 4.74 Å². The van der Waals surface area contributed by atoms with Crippen LogP contribution in [0.2, 0.25) is 0 Å². The lowest BCUT2D eigenvalue weighted by molar-refractivity contribution is -0.123. The summed E-state index contributed by atoms with van der Waals surface area (Å²) >= 11 is 0. The predicted octanol–water partition coefficient (Wildman–Crippen LogP) is 5.22. The van der Waals surface area contributed by atoms with E-state index in [9.17, 15) is 9.59 Å². The third-order valence-electron chi connectivity index (χ3n) is 5.09. The molecule has 33 heavy (non-hydrogen) atoms. The average molecular weight is 437 g/mol. The van der Waals surface area contributed by atoms with Crippen LogP contribution in [0.25, 0.3) is 0 Å². The number of benzene rings is 4. The molecular weight excluding hydrogens is 412 g/mol. The molecule has 2 amide bonds. The molecule has 0 saturated carbocycles. The molecule has 0 spiro atoms. The van der Waals surface area contributed by atoms with Crippen LogP contribution in [-0.2, 0) is 4.79 Å². The van der Waals surface area contributed by atoms with Crippen LogP contribution in [0, 0.1) is 0 Å². The van der Waals surface area contributed by atoms with Crippen LogP contribution in [0.4, 0.5) is 5.69 Å². The molecule has 0 bridgehead atoms. The van der Waals surface area contributed by atoms with Gasteiger partial charge in [-0.2, -0.15) is 0 Å². The van der Waals surface area contributed by atoms with Crippen molar-refractivity contribution in [2.24, 2.45) is 0 Å². The molecule has 4 rings (SSSR count). The molecule has 4 aromatic carbocycles. The second-order valence-electron chi connectivity index (χ2n) is 7.46. The van der Waals surface area contributed by atoms with Gasteiger partial charge in [-0.25, -0.2) is 0 Å². The van der Waals surface area contributed by atoms with Gasteiger partial charge in [-0.3, -0.25) is 9.59 Å². The van der Waals surface area contributed by atoms with E-state index in [0.29, 0.717) is 17.0 Å². The third kappa shape index (κ3) is 6.08. The summed E-state index contributed by atoms with van der Waals surface area (Å²) in [6.45, 7) is -0.119. The van der Waals surface area contributed by atoms with Crippen LogP contribution in [0.3, 0.4) is 0 Å². The highest BCUT2D eigenvalue weighted by atomic mass is 16.5. The molecule has 5 heteroatoms. The summed E-state index contributed by atoms with van der Waals surface area (Å²) in [7, 11) is 0. The fraction of sp³-hybridized carbons (Fsp3) is 0.0714.